The molecular formula is C15H31NO2. The van der Waals surface area contributed by atoms with Crippen molar-refractivity contribution in [2.24, 2.45) is 0 Å². The predicted octanol–water partition coefficient (Wildman–Crippen LogP) is 3.32. The van der Waals surface area contributed by atoms with Crippen molar-refractivity contribution < 1.29 is 9.53 Å². The Morgan fingerprint density at radius 1 is 1.00 bits per heavy atom. The van der Waals surface area contributed by atoms with Crippen molar-refractivity contribution in [1.82, 2.24) is 5.32 Å². The van der Waals surface area contributed by atoms with Crippen LogP contribution < -0.4 is 5.32 Å². The zero-order valence-corrected chi connectivity index (χ0v) is 12.2. The van der Waals surface area contributed by atoms with Crippen molar-refractivity contribution in [1.29, 1.82) is 0 Å². The number of hydrogen-bond donors (Lipinski definition) is 1. The number of carbonyl (C=O) groups excluding carboxylic acids is 1. The van der Waals surface area contributed by atoms with Gasteiger partial charge in [0.15, 0.2) is 0 Å². The highest BCUT2D eigenvalue weighted by Crippen LogP contribution is 2.19. The molecule has 0 heterocycles. The Bertz CT molecular complexity index is 161. The van der Waals surface area contributed by atoms with Gasteiger partial charge in [-0.1, -0.05) is 39.0 Å². The van der Waals surface area contributed by atoms with Crippen molar-refractivity contribution in [3.05, 3.63) is 0 Å². The van der Waals surface area contributed by atoms with Crippen LogP contribution >= 0.6 is 0 Å². The molecule has 0 unspecified atom stereocenters. The number of hydrogen-bond acceptors (Lipinski definition) is 3. The molecule has 0 amide bonds. The lowest BCUT2D eigenvalue weighted by molar-refractivity contribution is -0.0979. The van der Waals surface area contributed by atoms with E-state index in [0.717, 1.165) is 12.6 Å². The highest BCUT2D eigenvalue weighted by atomic mass is 16.5. The van der Waals surface area contributed by atoms with E-state index in [9.17, 15) is 0 Å². The van der Waals surface area contributed by atoms with E-state index in [1.165, 1.54) is 57.8 Å². The fourth-order valence-corrected chi connectivity index (χ4v) is 2.72. The lowest BCUT2D eigenvalue weighted by Crippen LogP contribution is -2.30. The highest BCUT2D eigenvalue weighted by molar-refractivity contribution is 5.10. The zero-order valence-electron chi connectivity index (χ0n) is 12.2. The second-order valence-electron chi connectivity index (χ2n) is 5.03. The SMILES string of the molecule is C=O.CCNC1CCCCC1.COC1CCCC1. The maximum atomic E-state index is 8.00. The van der Waals surface area contributed by atoms with Crippen molar-refractivity contribution >= 4 is 6.79 Å². The van der Waals surface area contributed by atoms with E-state index in [1.807, 2.05) is 6.79 Å². The molecule has 3 heteroatoms. The molecule has 3 nitrogen and oxygen atoms in total. The number of methoxy groups -OCH3 is 1. The first-order chi connectivity index (χ1) is 8.86. The van der Waals surface area contributed by atoms with Gasteiger partial charge in [0.2, 0.25) is 0 Å². The van der Waals surface area contributed by atoms with Crippen LogP contribution in [0.25, 0.3) is 0 Å². The third kappa shape index (κ3) is 8.65. The molecule has 0 aromatic heterocycles. The Labute approximate surface area is 113 Å². The van der Waals surface area contributed by atoms with Gasteiger partial charge in [-0.3, -0.25) is 0 Å². The first kappa shape index (κ1) is 17.6. The monoisotopic (exact) mass is 257 g/mol. The van der Waals surface area contributed by atoms with Crippen LogP contribution in [0.15, 0.2) is 0 Å². The Balaban J connectivity index is 0.000000289. The second-order valence-corrected chi connectivity index (χ2v) is 5.03. The van der Waals surface area contributed by atoms with Crippen LogP contribution in [0.2, 0.25) is 0 Å². The van der Waals surface area contributed by atoms with Crippen LogP contribution in [-0.2, 0) is 9.53 Å². The molecular weight excluding hydrogens is 226 g/mol. The largest absolute Gasteiger partial charge is 0.381 e. The fraction of sp³-hybridized carbons (Fsp3) is 0.933. The molecule has 0 spiro atoms. The van der Waals surface area contributed by atoms with Crippen LogP contribution in [0.3, 0.4) is 0 Å². The summed E-state index contributed by atoms with van der Waals surface area (Å²) in [6.07, 6.45) is 13.1. The second kappa shape index (κ2) is 13.0. The van der Waals surface area contributed by atoms with Gasteiger partial charge in [0.1, 0.15) is 6.79 Å². The van der Waals surface area contributed by atoms with E-state index in [1.54, 1.807) is 7.11 Å². The van der Waals surface area contributed by atoms with Crippen LogP contribution in [0.4, 0.5) is 0 Å². The minimum absolute atomic E-state index is 0.597. The van der Waals surface area contributed by atoms with Crippen molar-refractivity contribution in [3.8, 4) is 0 Å². The standard InChI is InChI=1S/C8H17N.C6H12O.CH2O/c1-2-9-8-6-4-3-5-7-8;1-7-6-4-2-3-5-6;1-2/h8-9H,2-7H2,1H3;6H,2-5H2,1H3;1H2. The van der Waals surface area contributed by atoms with E-state index >= 15 is 0 Å². The Hall–Kier alpha value is -0.410. The minimum Gasteiger partial charge on any atom is -0.381 e. The van der Waals surface area contributed by atoms with Gasteiger partial charge < -0.3 is 14.8 Å². The highest BCUT2D eigenvalue weighted by Gasteiger charge is 2.12. The zero-order chi connectivity index (χ0) is 13.6. The van der Waals surface area contributed by atoms with Gasteiger partial charge in [-0.2, -0.15) is 0 Å². The van der Waals surface area contributed by atoms with Gasteiger partial charge in [-0.25, -0.2) is 0 Å². The first-order valence-electron chi connectivity index (χ1n) is 7.41. The summed E-state index contributed by atoms with van der Waals surface area (Å²) in [6.45, 7) is 5.33. The molecule has 0 bridgehead atoms. The van der Waals surface area contributed by atoms with Gasteiger partial charge in [-0.15, -0.1) is 0 Å². The lowest BCUT2D eigenvalue weighted by Gasteiger charge is -2.21. The molecule has 2 fully saturated rings. The average Bonchev–Trinajstić information content (AvgIpc) is 2.97. The van der Waals surface area contributed by atoms with Gasteiger partial charge in [0, 0.05) is 13.2 Å². The number of nitrogens with one attached hydrogen (secondary N) is 1. The summed E-state index contributed by atoms with van der Waals surface area (Å²) in [5.41, 5.74) is 0. The molecule has 2 aliphatic carbocycles. The summed E-state index contributed by atoms with van der Waals surface area (Å²) >= 11 is 0. The molecule has 0 aromatic carbocycles. The smallest absolute Gasteiger partial charge is 0.106 e. The van der Waals surface area contributed by atoms with Crippen molar-refractivity contribution in [2.45, 2.75) is 76.9 Å². The van der Waals surface area contributed by atoms with Crippen molar-refractivity contribution in [3.63, 3.8) is 0 Å². The van der Waals surface area contributed by atoms with E-state index in [4.69, 9.17) is 9.53 Å². The topological polar surface area (TPSA) is 38.3 Å². The Morgan fingerprint density at radius 2 is 1.50 bits per heavy atom. The maximum absolute atomic E-state index is 8.00. The number of ether oxygens (including phenoxy) is 1. The first-order valence-corrected chi connectivity index (χ1v) is 7.41. The molecule has 2 saturated carbocycles. The molecule has 2 aliphatic rings. The number of rotatable bonds is 3. The summed E-state index contributed by atoms with van der Waals surface area (Å²) in [6, 6.07) is 0.851. The molecule has 1 N–H and O–H groups in total. The van der Waals surface area contributed by atoms with E-state index in [-0.39, 0.29) is 0 Å². The minimum atomic E-state index is 0.597. The van der Waals surface area contributed by atoms with Gasteiger partial charge >= 0.3 is 0 Å². The summed E-state index contributed by atoms with van der Waals surface area (Å²) in [7, 11) is 1.80. The summed E-state index contributed by atoms with van der Waals surface area (Å²) in [5.74, 6) is 0. The van der Waals surface area contributed by atoms with E-state index in [0.29, 0.717) is 6.10 Å². The van der Waals surface area contributed by atoms with Crippen LogP contribution in [0, 0.1) is 0 Å². The van der Waals surface area contributed by atoms with Gasteiger partial charge in [0.05, 0.1) is 6.10 Å². The van der Waals surface area contributed by atoms with Crippen LogP contribution in [0.1, 0.15) is 64.7 Å². The summed E-state index contributed by atoms with van der Waals surface area (Å²) < 4.78 is 5.11. The van der Waals surface area contributed by atoms with Crippen molar-refractivity contribution in [2.75, 3.05) is 13.7 Å². The van der Waals surface area contributed by atoms with Gasteiger partial charge in [0.25, 0.3) is 0 Å². The molecule has 18 heavy (non-hydrogen) atoms. The molecule has 108 valence electrons. The molecule has 0 aliphatic heterocycles. The fourth-order valence-electron chi connectivity index (χ4n) is 2.72. The lowest BCUT2D eigenvalue weighted by atomic mass is 9.96. The quantitative estimate of drug-likeness (QED) is 0.843. The van der Waals surface area contributed by atoms with Crippen LogP contribution in [0.5, 0.6) is 0 Å². The third-order valence-corrected chi connectivity index (χ3v) is 3.73. The molecule has 0 radical (unpaired) electrons. The van der Waals surface area contributed by atoms with E-state index < -0.39 is 0 Å². The number of carbonyl (C=O) groups is 1. The average molecular weight is 257 g/mol. The molecule has 0 saturated heterocycles. The van der Waals surface area contributed by atoms with Gasteiger partial charge in [-0.05, 0) is 32.2 Å². The van der Waals surface area contributed by atoms with E-state index in [2.05, 4.69) is 12.2 Å². The maximum Gasteiger partial charge on any atom is 0.106 e. The van der Waals surface area contributed by atoms with Crippen LogP contribution in [-0.4, -0.2) is 32.6 Å². The third-order valence-electron chi connectivity index (χ3n) is 3.73. The Kier molecular flexibility index (Phi) is 12.7. The predicted molar refractivity (Wildman–Crippen MR) is 76.9 cm³/mol. The molecule has 0 atom stereocenters. The summed E-state index contributed by atoms with van der Waals surface area (Å²) in [5, 5.41) is 3.48. The normalized spacial score (nSPS) is 20.6. The molecule has 0 aromatic rings. The molecule has 2 rings (SSSR count). The Morgan fingerprint density at radius 3 is 1.89 bits per heavy atom. The summed E-state index contributed by atoms with van der Waals surface area (Å²) in [4.78, 5) is 8.00.